The van der Waals surface area contributed by atoms with Crippen LogP contribution in [0.2, 0.25) is 0 Å². The summed E-state index contributed by atoms with van der Waals surface area (Å²) in [7, 11) is 0. The van der Waals surface area contributed by atoms with Crippen molar-refractivity contribution >= 4 is 17.5 Å². The third-order valence-electron chi connectivity index (χ3n) is 3.15. The van der Waals surface area contributed by atoms with Gasteiger partial charge in [0.15, 0.2) is 0 Å². The SMILES string of the molecule is CCCCNC(=O)CC1C(=O)Nc2ccccc21. The Morgan fingerprint density at radius 2 is 2.17 bits per heavy atom. The minimum Gasteiger partial charge on any atom is -0.356 e. The van der Waals surface area contributed by atoms with Crippen molar-refractivity contribution in [1.82, 2.24) is 5.32 Å². The Morgan fingerprint density at radius 3 is 2.94 bits per heavy atom. The lowest BCUT2D eigenvalue weighted by Crippen LogP contribution is -2.27. The van der Waals surface area contributed by atoms with E-state index in [1.165, 1.54) is 0 Å². The number of fused-ring (bicyclic) bond motifs is 1. The molecule has 4 nitrogen and oxygen atoms in total. The van der Waals surface area contributed by atoms with Crippen LogP contribution in [0, 0.1) is 0 Å². The molecule has 0 saturated carbocycles. The predicted octanol–water partition coefficient (Wildman–Crippen LogP) is 2.03. The van der Waals surface area contributed by atoms with Crippen molar-refractivity contribution in [2.45, 2.75) is 32.1 Å². The minimum absolute atomic E-state index is 0.0553. The summed E-state index contributed by atoms with van der Waals surface area (Å²) in [6, 6.07) is 7.53. The van der Waals surface area contributed by atoms with Crippen LogP contribution in [-0.2, 0) is 9.59 Å². The molecule has 1 aliphatic rings. The molecule has 1 unspecified atom stereocenters. The molecular formula is C14H18N2O2. The second kappa shape index (κ2) is 5.67. The van der Waals surface area contributed by atoms with Crippen molar-refractivity contribution in [2.75, 3.05) is 11.9 Å². The van der Waals surface area contributed by atoms with E-state index in [4.69, 9.17) is 0 Å². The van der Waals surface area contributed by atoms with Crippen LogP contribution in [-0.4, -0.2) is 18.4 Å². The Bertz CT molecular complexity index is 457. The second-order valence-corrected chi connectivity index (χ2v) is 4.54. The molecule has 1 heterocycles. The third kappa shape index (κ3) is 2.70. The highest BCUT2D eigenvalue weighted by molar-refractivity contribution is 6.04. The number of hydrogen-bond acceptors (Lipinski definition) is 2. The van der Waals surface area contributed by atoms with Gasteiger partial charge >= 0.3 is 0 Å². The van der Waals surface area contributed by atoms with Gasteiger partial charge in [0.2, 0.25) is 11.8 Å². The molecule has 0 radical (unpaired) electrons. The fourth-order valence-electron chi connectivity index (χ4n) is 2.14. The zero-order valence-corrected chi connectivity index (χ0v) is 10.5. The molecule has 18 heavy (non-hydrogen) atoms. The van der Waals surface area contributed by atoms with Crippen LogP contribution < -0.4 is 10.6 Å². The zero-order valence-electron chi connectivity index (χ0n) is 10.5. The van der Waals surface area contributed by atoms with E-state index in [1.54, 1.807) is 0 Å². The van der Waals surface area contributed by atoms with Crippen LogP contribution in [0.3, 0.4) is 0 Å². The quantitative estimate of drug-likeness (QED) is 0.781. The highest BCUT2D eigenvalue weighted by atomic mass is 16.2. The van der Waals surface area contributed by atoms with E-state index in [9.17, 15) is 9.59 Å². The Balaban J connectivity index is 1.97. The zero-order chi connectivity index (χ0) is 13.0. The molecule has 1 aromatic carbocycles. The van der Waals surface area contributed by atoms with Crippen molar-refractivity contribution in [3.63, 3.8) is 0 Å². The molecule has 2 amide bonds. The maximum atomic E-state index is 11.8. The number of unbranched alkanes of at least 4 members (excludes halogenated alkanes) is 1. The summed E-state index contributed by atoms with van der Waals surface area (Å²) in [4.78, 5) is 23.5. The maximum Gasteiger partial charge on any atom is 0.232 e. The first-order valence-electron chi connectivity index (χ1n) is 6.39. The van der Waals surface area contributed by atoms with Gasteiger partial charge in [-0.25, -0.2) is 0 Å². The van der Waals surface area contributed by atoms with Crippen LogP contribution in [0.1, 0.15) is 37.7 Å². The van der Waals surface area contributed by atoms with Crippen LogP contribution in [0.15, 0.2) is 24.3 Å². The topological polar surface area (TPSA) is 58.2 Å². The van der Waals surface area contributed by atoms with Crippen molar-refractivity contribution in [1.29, 1.82) is 0 Å². The molecule has 0 saturated heterocycles. The number of para-hydroxylation sites is 1. The van der Waals surface area contributed by atoms with Gasteiger partial charge in [-0.1, -0.05) is 31.5 Å². The van der Waals surface area contributed by atoms with Crippen LogP contribution in [0.4, 0.5) is 5.69 Å². The van der Waals surface area contributed by atoms with E-state index in [2.05, 4.69) is 17.6 Å². The molecule has 4 heteroatoms. The van der Waals surface area contributed by atoms with Crippen LogP contribution >= 0.6 is 0 Å². The van der Waals surface area contributed by atoms with Gasteiger partial charge in [-0.15, -0.1) is 0 Å². The van der Waals surface area contributed by atoms with Gasteiger partial charge in [0, 0.05) is 18.7 Å². The molecule has 96 valence electrons. The molecule has 0 fully saturated rings. The Hall–Kier alpha value is -1.84. The predicted molar refractivity (Wildman–Crippen MR) is 70.3 cm³/mol. The van der Waals surface area contributed by atoms with Crippen LogP contribution in [0.25, 0.3) is 0 Å². The van der Waals surface area contributed by atoms with Crippen molar-refractivity contribution in [3.8, 4) is 0 Å². The molecule has 1 aliphatic heterocycles. The standard InChI is InChI=1S/C14H18N2O2/c1-2-3-8-15-13(17)9-11-10-6-4-5-7-12(10)16-14(11)18/h4-7,11H,2-3,8-9H2,1H3,(H,15,17)(H,16,18). The smallest absolute Gasteiger partial charge is 0.232 e. The Labute approximate surface area is 107 Å². The molecule has 2 N–H and O–H groups in total. The third-order valence-corrected chi connectivity index (χ3v) is 3.15. The van der Waals surface area contributed by atoms with Crippen molar-refractivity contribution in [2.24, 2.45) is 0 Å². The van der Waals surface area contributed by atoms with Gasteiger partial charge in [-0.2, -0.15) is 0 Å². The summed E-state index contributed by atoms with van der Waals surface area (Å²) in [6.07, 6.45) is 2.25. The number of carbonyl (C=O) groups excluding carboxylic acids is 2. The van der Waals surface area contributed by atoms with E-state index >= 15 is 0 Å². The monoisotopic (exact) mass is 246 g/mol. The first-order chi connectivity index (χ1) is 8.72. The lowest BCUT2D eigenvalue weighted by Gasteiger charge is -2.09. The summed E-state index contributed by atoms with van der Waals surface area (Å²) < 4.78 is 0. The van der Waals surface area contributed by atoms with Crippen LogP contribution in [0.5, 0.6) is 0 Å². The molecule has 2 rings (SSSR count). The van der Waals surface area contributed by atoms with E-state index < -0.39 is 0 Å². The summed E-state index contributed by atoms with van der Waals surface area (Å²) in [5, 5.41) is 5.64. The van der Waals surface area contributed by atoms with Gasteiger partial charge in [0.25, 0.3) is 0 Å². The number of carbonyl (C=O) groups is 2. The number of rotatable bonds is 5. The highest BCUT2D eigenvalue weighted by Gasteiger charge is 2.31. The summed E-state index contributed by atoms with van der Waals surface area (Å²) >= 11 is 0. The molecule has 0 aromatic heterocycles. The Kier molecular flexibility index (Phi) is 3.97. The summed E-state index contributed by atoms with van der Waals surface area (Å²) in [5.74, 6) is -0.482. The Morgan fingerprint density at radius 1 is 1.39 bits per heavy atom. The van der Waals surface area contributed by atoms with Gasteiger partial charge < -0.3 is 10.6 Å². The molecule has 0 bridgehead atoms. The normalized spacial score (nSPS) is 17.2. The molecule has 0 spiro atoms. The molecular weight excluding hydrogens is 228 g/mol. The van der Waals surface area contributed by atoms with Gasteiger partial charge in [0.1, 0.15) is 0 Å². The first-order valence-corrected chi connectivity index (χ1v) is 6.39. The van der Waals surface area contributed by atoms with E-state index in [0.717, 1.165) is 24.1 Å². The van der Waals surface area contributed by atoms with Gasteiger partial charge in [-0.3, -0.25) is 9.59 Å². The molecule has 1 aromatic rings. The van der Waals surface area contributed by atoms with E-state index in [0.29, 0.717) is 6.54 Å². The first kappa shape index (κ1) is 12.6. The van der Waals surface area contributed by atoms with Gasteiger partial charge in [0.05, 0.1) is 5.92 Å². The summed E-state index contributed by atoms with van der Waals surface area (Å²) in [6.45, 7) is 2.76. The largest absolute Gasteiger partial charge is 0.356 e. The lowest BCUT2D eigenvalue weighted by molar-refractivity contribution is -0.125. The second-order valence-electron chi connectivity index (χ2n) is 4.54. The van der Waals surface area contributed by atoms with Gasteiger partial charge in [-0.05, 0) is 18.1 Å². The fraction of sp³-hybridized carbons (Fsp3) is 0.429. The average molecular weight is 246 g/mol. The highest BCUT2D eigenvalue weighted by Crippen LogP contribution is 2.34. The van der Waals surface area contributed by atoms with Crippen molar-refractivity contribution < 1.29 is 9.59 Å². The summed E-state index contributed by atoms with van der Waals surface area (Å²) in [5.41, 5.74) is 1.75. The number of amides is 2. The number of anilines is 1. The number of hydrogen-bond donors (Lipinski definition) is 2. The van der Waals surface area contributed by atoms with E-state index in [1.807, 2.05) is 24.3 Å². The lowest BCUT2D eigenvalue weighted by atomic mass is 9.97. The molecule has 1 atom stereocenters. The van der Waals surface area contributed by atoms with E-state index in [-0.39, 0.29) is 24.2 Å². The minimum atomic E-state index is -0.345. The molecule has 0 aliphatic carbocycles. The number of benzene rings is 1. The van der Waals surface area contributed by atoms with Crippen molar-refractivity contribution in [3.05, 3.63) is 29.8 Å². The maximum absolute atomic E-state index is 11.8. The average Bonchev–Trinajstić information content (AvgIpc) is 2.67. The fourth-order valence-corrected chi connectivity index (χ4v) is 2.14. The number of nitrogens with one attached hydrogen (secondary N) is 2.